The van der Waals surface area contributed by atoms with Crippen molar-refractivity contribution in [3.8, 4) is 11.4 Å². The fourth-order valence-electron chi connectivity index (χ4n) is 2.47. The molecule has 0 aliphatic heterocycles. The fourth-order valence-corrected chi connectivity index (χ4v) is 2.47. The predicted octanol–water partition coefficient (Wildman–Crippen LogP) is 3.14. The van der Waals surface area contributed by atoms with E-state index in [1.54, 1.807) is 19.9 Å². The van der Waals surface area contributed by atoms with Crippen LogP contribution in [0.1, 0.15) is 34.9 Å². The highest BCUT2D eigenvalue weighted by molar-refractivity contribution is 5.95. The Morgan fingerprint density at radius 3 is 2.85 bits per heavy atom. The average Bonchev–Trinajstić information content (AvgIpc) is 3.21. The first-order chi connectivity index (χ1) is 12.8. The maximum absolute atomic E-state index is 13.3. The third kappa shape index (κ3) is 4.33. The van der Waals surface area contributed by atoms with Gasteiger partial charge in [0, 0.05) is 11.8 Å². The number of amides is 1. The van der Waals surface area contributed by atoms with Crippen LogP contribution >= 0.6 is 0 Å². The van der Waals surface area contributed by atoms with E-state index in [4.69, 9.17) is 4.52 Å². The quantitative estimate of drug-likeness (QED) is 0.711. The van der Waals surface area contributed by atoms with E-state index in [9.17, 15) is 18.0 Å². The van der Waals surface area contributed by atoms with Gasteiger partial charge in [-0.3, -0.25) is 9.48 Å². The number of hydrogen-bond donors (Lipinski definition) is 1. The molecule has 1 amide bonds. The topological polar surface area (TPSA) is 85.8 Å². The maximum atomic E-state index is 13.3. The van der Waals surface area contributed by atoms with Crippen molar-refractivity contribution in [3.63, 3.8) is 0 Å². The van der Waals surface area contributed by atoms with Gasteiger partial charge in [0.05, 0.1) is 11.3 Å². The molecular formula is C17H16F3N5O2. The second-order valence-electron chi connectivity index (χ2n) is 5.90. The monoisotopic (exact) mass is 379 g/mol. The number of aromatic nitrogens is 4. The lowest BCUT2D eigenvalue weighted by Crippen LogP contribution is -2.27. The third-order valence-corrected chi connectivity index (χ3v) is 3.76. The maximum Gasteiger partial charge on any atom is 0.257 e. The number of nitrogens with one attached hydrogen (secondary N) is 1. The minimum Gasteiger partial charge on any atom is -0.340 e. The Morgan fingerprint density at radius 1 is 1.37 bits per heavy atom. The number of nitrogens with zero attached hydrogens (tertiary/aromatic N) is 4. The molecule has 2 aromatic heterocycles. The summed E-state index contributed by atoms with van der Waals surface area (Å²) in [5.74, 6) is -0.630. The molecule has 0 spiro atoms. The summed E-state index contributed by atoms with van der Waals surface area (Å²) in [6, 6.07) is 5.06. The van der Waals surface area contributed by atoms with E-state index < -0.39 is 30.7 Å². The van der Waals surface area contributed by atoms with Gasteiger partial charge in [-0.1, -0.05) is 17.3 Å². The van der Waals surface area contributed by atoms with Crippen molar-refractivity contribution in [3.05, 3.63) is 53.4 Å². The molecule has 0 fully saturated rings. The molecule has 0 aliphatic rings. The molecule has 1 aromatic carbocycles. The van der Waals surface area contributed by atoms with Crippen molar-refractivity contribution in [1.82, 2.24) is 25.2 Å². The van der Waals surface area contributed by atoms with Crippen molar-refractivity contribution in [2.45, 2.75) is 32.9 Å². The first-order valence-electron chi connectivity index (χ1n) is 8.06. The Balaban J connectivity index is 1.71. The lowest BCUT2D eigenvalue weighted by atomic mass is 10.2. The summed E-state index contributed by atoms with van der Waals surface area (Å²) in [5.41, 5.74) is 0.936. The van der Waals surface area contributed by atoms with Gasteiger partial charge in [0.15, 0.2) is 0 Å². The molecule has 3 rings (SSSR count). The molecule has 0 saturated carbocycles. The molecule has 2 heterocycles. The first kappa shape index (κ1) is 18.6. The molecule has 0 aliphatic carbocycles. The van der Waals surface area contributed by atoms with Gasteiger partial charge in [0.25, 0.3) is 12.3 Å². The zero-order valence-corrected chi connectivity index (χ0v) is 14.5. The van der Waals surface area contributed by atoms with Crippen LogP contribution < -0.4 is 5.32 Å². The largest absolute Gasteiger partial charge is 0.340 e. The van der Waals surface area contributed by atoms with Crippen LogP contribution in [0.3, 0.4) is 0 Å². The molecule has 3 aromatic rings. The molecule has 142 valence electrons. The Hall–Kier alpha value is -3.17. The molecule has 7 nitrogen and oxygen atoms in total. The van der Waals surface area contributed by atoms with Crippen molar-refractivity contribution in [2.24, 2.45) is 0 Å². The van der Waals surface area contributed by atoms with E-state index in [1.807, 2.05) is 0 Å². The number of carbonyl (C=O) groups excluding carboxylic acids is 1. The number of aryl methyl sites for hydroxylation is 1. The van der Waals surface area contributed by atoms with Gasteiger partial charge in [0.2, 0.25) is 11.7 Å². The van der Waals surface area contributed by atoms with E-state index in [0.717, 1.165) is 4.68 Å². The van der Waals surface area contributed by atoms with Crippen LogP contribution in [0.4, 0.5) is 13.2 Å². The number of hydrogen-bond acceptors (Lipinski definition) is 5. The zero-order valence-electron chi connectivity index (χ0n) is 14.5. The lowest BCUT2D eigenvalue weighted by molar-refractivity contribution is 0.0930. The molecule has 0 radical (unpaired) electrons. The van der Waals surface area contributed by atoms with Crippen LogP contribution in [0.2, 0.25) is 0 Å². The number of halogens is 3. The van der Waals surface area contributed by atoms with E-state index >= 15 is 0 Å². The number of rotatable bonds is 6. The summed E-state index contributed by atoms with van der Waals surface area (Å²) in [6.45, 7) is 2.58. The molecular weight excluding hydrogens is 363 g/mol. The van der Waals surface area contributed by atoms with Gasteiger partial charge in [-0.25, -0.2) is 13.2 Å². The van der Waals surface area contributed by atoms with Gasteiger partial charge in [-0.2, -0.15) is 10.1 Å². The zero-order chi connectivity index (χ0) is 19.6. The van der Waals surface area contributed by atoms with Gasteiger partial charge in [-0.05, 0) is 26.0 Å². The third-order valence-electron chi connectivity index (χ3n) is 3.76. The van der Waals surface area contributed by atoms with Crippen molar-refractivity contribution in [2.75, 3.05) is 0 Å². The van der Waals surface area contributed by atoms with Crippen LogP contribution in [-0.2, 0) is 6.54 Å². The fraction of sp³-hybridized carbons (Fsp3) is 0.294. The molecule has 27 heavy (non-hydrogen) atoms. The van der Waals surface area contributed by atoms with Crippen molar-refractivity contribution >= 4 is 5.91 Å². The Morgan fingerprint density at radius 2 is 2.15 bits per heavy atom. The predicted molar refractivity (Wildman–Crippen MR) is 88.5 cm³/mol. The van der Waals surface area contributed by atoms with Gasteiger partial charge >= 0.3 is 0 Å². The number of carbonyl (C=O) groups is 1. The summed E-state index contributed by atoms with van der Waals surface area (Å²) in [6.07, 6.45) is -1.31. The van der Waals surface area contributed by atoms with Crippen LogP contribution in [0.25, 0.3) is 11.4 Å². The molecule has 1 atom stereocenters. The van der Waals surface area contributed by atoms with E-state index in [-0.39, 0.29) is 17.3 Å². The second-order valence-corrected chi connectivity index (χ2v) is 5.90. The highest BCUT2D eigenvalue weighted by Gasteiger charge is 2.21. The molecule has 10 heteroatoms. The number of benzene rings is 1. The smallest absolute Gasteiger partial charge is 0.257 e. The molecule has 0 unspecified atom stereocenters. The standard InChI is InChI=1S/C17H16F3N5O2/c1-9-13(7-25(23-9)8-14(19)20)16(26)21-10(2)17-22-15(24-27-17)11-4-3-5-12(18)6-11/h3-7,10,14H,8H2,1-2H3,(H,21,26)/t10-/m0/s1. The summed E-state index contributed by atoms with van der Waals surface area (Å²) < 4.78 is 44.3. The van der Waals surface area contributed by atoms with E-state index in [2.05, 4.69) is 20.6 Å². The van der Waals surface area contributed by atoms with Gasteiger partial charge in [-0.15, -0.1) is 0 Å². The summed E-state index contributed by atoms with van der Waals surface area (Å²) in [4.78, 5) is 16.5. The molecule has 1 N–H and O–H groups in total. The van der Waals surface area contributed by atoms with Crippen LogP contribution in [0, 0.1) is 12.7 Å². The summed E-state index contributed by atoms with van der Waals surface area (Å²) in [5, 5.41) is 10.3. The Labute approximate surface area is 152 Å². The van der Waals surface area contributed by atoms with Crippen molar-refractivity contribution < 1.29 is 22.5 Å². The Bertz CT molecular complexity index is 954. The SMILES string of the molecule is Cc1nn(CC(F)F)cc1C(=O)N[C@@H](C)c1nc(-c2cccc(F)c2)no1. The van der Waals surface area contributed by atoms with Crippen LogP contribution in [-0.4, -0.2) is 32.3 Å². The van der Waals surface area contributed by atoms with E-state index in [0.29, 0.717) is 11.3 Å². The summed E-state index contributed by atoms with van der Waals surface area (Å²) >= 11 is 0. The van der Waals surface area contributed by atoms with E-state index in [1.165, 1.54) is 24.4 Å². The highest BCUT2D eigenvalue weighted by Crippen LogP contribution is 2.20. The minimum atomic E-state index is -2.57. The van der Waals surface area contributed by atoms with Crippen LogP contribution in [0.5, 0.6) is 0 Å². The van der Waals surface area contributed by atoms with Crippen LogP contribution in [0.15, 0.2) is 35.0 Å². The normalized spacial score (nSPS) is 12.4. The van der Waals surface area contributed by atoms with Gasteiger partial charge in [0.1, 0.15) is 18.4 Å². The first-order valence-corrected chi connectivity index (χ1v) is 8.06. The second kappa shape index (κ2) is 7.60. The molecule has 0 bridgehead atoms. The van der Waals surface area contributed by atoms with Crippen molar-refractivity contribution in [1.29, 1.82) is 0 Å². The van der Waals surface area contributed by atoms with Gasteiger partial charge < -0.3 is 9.84 Å². The Kier molecular flexibility index (Phi) is 5.24. The lowest BCUT2D eigenvalue weighted by Gasteiger charge is -2.08. The highest BCUT2D eigenvalue weighted by atomic mass is 19.3. The minimum absolute atomic E-state index is 0.125. The molecule has 0 saturated heterocycles. The summed E-state index contributed by atoms with van der Waals surface area (Å²) in [7, 11) is 0. The average molecular weight is 379 g/mol. The number of alkyl halides is 2.